The topological polar surface area (TPSA) is 105 Å². The first-order valence-electron chi connectivity index (χ1n) is 9.89. The van der Waals surface area contributed by atoms with E-state index in [-0.39, 0.29) is 6.61 Å². The van der Waals surface area contributed by atoms with Gasteiger partial charge in [-0.25, -0.2) is 15.0 Å². The molecule has 158 valence electrons. The number of hydrogen-bond acceptors (Lipinski definition) is 7. The van der Waals surface area contributed by atoms with Crippen LogP contribution in [0.5, 0.6) is 11.5 Å². The molecule has 4 rings (SSSR count). The quantitative estimate of drug-likeness (QED) is 0.353. The summed E-state index contributed by atoms with van der Waals surface area (Å²) in [5, 5.41) is 12.1. The summed E-state index contributed by atoms with van der Waals surface area (Å²) in [6, 6.07) is 17.0. The molecule has 0 saturated heterocycles. The summed E-state index contributed by atoms with van der Waals surface area (Å²) in [5.74, 6) is 2.68. The number of H-pyrrole nitrogens is 1. The van der Waals surface area contributed by atoms with E-state index in [1.807, 2.05) is 54.6 Å². The SMILES string of the molecule is COc1cccc(-c2ncc(-c3ccnc(Nc4cccc(OCCCO)c4)n3)[nH]2)c1. The normalized spacial score (nSPS) is 10.6. The number of nitrogens with one attached hydrogen (secondary N) is 2. The number of ether oxygens (including phenoxy) is 2. The van der Waals surface area contributed by atoms with E-state index in [0.717, 1.165) is 34.2 Å². The number of aliphatic hydroxyl groups is 1. The lowest BCUT2D eigenvalue weighted by Gasteiger charge is -2.09. The molecule has 0 fully saturated rings. The molecule has 31 heavy (non-hydrogen) atoms. The lowest BCUT2D eigenvalue weighted by atomic mass is 10.2. The Bertz CT molecular complexity index is 1150. The number of hydrogen-bond donors (Lipinski definition) is 3. The second kappa shape index (κ2) is 9.73. The molecule has 0 atom stereocenters. The molecule has 3 N–H and O–H groups in total. The highest BCUT2D eigenvalue weighted by Crippen LogP contribution is 2.25. The molecule has 2 aromatic carbocycles. The average molecular weight is 417 g/mol. The monoisotopic (exact) mass is 417 g/mol. The molecule has 0 unspecified atom stereocenters. The summed E-state index contributed by atoms with van der Waals surface area (Å²) in [7, 11) is 1.64. The molecule has 2 heterocycles. The highest BCUT2D eigenvalue weighted by atomic mass is 16.5. The molecule has 0 aliphatic rings. The maximum atomic E-state index is 8.88. The van der Waals surface area contributed by atoms with Crippen molar-refractivity contribution in [2.45, 2.75) is 6.42 Å². The van der Waals surface area contributed by atoms with Crippen molar-refractivity contribution < 1.29 is 14.6 Å². The molecule has 0 amide bonds. The van der Waals surface area contributed by atoms with Crippen molar-refractivity contribution in [3.8, 4) is 34.3 Å². The number of methoxy groups -OCH3 is 1. The Morgan fingerprint density at radius 1 is 1.03 bits per heavy atom. The fourth-order valence-corrected chi connectivity index (χ4v) is 2.98. The third-order valence-corrected chi connectivity index (χ3v) is 4.51. The van der Waals surface area contributed by atoms with Gasteiger partial charge in [0.15, 0.2) is 0 Å². The predicted molar refractivity (Wildman–Crippen MR) is 119 cm³/mol. The first kappa shape index (κ1) is 20.4. The van der Waals surface area contributed by atoms with Gasteiger partial charge in [0.25, 0.3) is 0 Å². The zero-order chi connectivity index (χ0) is 21.5. The van der Waals surface area contributed by atoms with Gasteiger partial charge in [-0.1, -0.05) is 18.2 Å². The number of nitrogens with zero attached hydrogens (tertiary/aromatic N) is 3. The summed E-state index contributed by atoms with van der Waals surface area (Å²) in [6.45, 7) is 0.563. The number of rotatable bonds is 9. The van der Waals surface area contributed by atoms with Crippen LogP contribution in [-0.4, -0.2) is 45.4 Å². The first-order valence-corrected chi connectivity index (χ1v) is 9.89. The van der Waals surface area contributed by atoms with Gasteiger partial charge in [-0.15, -0.1) is 0 Å². The van der Waals surface area contributed by atoms with E-state index in [2.05, 4.69) is 25.3 Å². The van der Waals surface area contributed by atoms with Crippen LogP contribution in [0.4, 0.5) is 11.6 Å². The zero-order valence-corrected chi connectivity index (χ0v) is 17.1. The van der Waals surface area contributed by atoms with E-state index in [9.17, 15) is 0 Å². The summed E-state index contributed by atoms with van der Waals surface area (Å²) < 4.78 is 10.9. The van der Waals surface area contributed by atoms with Crippen LogP contribution in [-0.2, 0) is 0 Å². The van der Waals surface area contributed by atoms with E-state index in [1.165, 1.54) is 0 Å². The van der Waals surface area contributed by atoms with Gasteiger partial charge in [0.05, 0.1) is 31.3 Å². The number of aliphatic hydroxyl groups excluding tert-OH is 1. The van der Waals surface area contributed by atoms with E-state index in [4.69, 9.17) is 14.6 Å². The Hall–Kier alpha value is -3.91. The lowest BCUT2D eigenvalue weighted by Crippen LogP contribution is -2.01. The van der Waals surface area contributed by atoms with Crippen molar-refractivity contribution >= 4 is 11.6 Å². The van der Waals surface area contributed by atoms with Gasteiger partial charge in [-0.2, -0.15) is 0 Å². The van der Waals surface area contributed by atoms with E-state index < -0.39 is 0 Å². The van der Waals surface area contributed by atoms with Crippen LogP contribution in [0, 0.1) is 0 Å². The largest absolute Gasteiger partial charge is 0.497 e. The summed E-state index contributed by atoms with van der Waals surface area (Å²) in [6.07, 6.45) is 4.03. The molecule has 0 radical (unpaired) electrons. The van der Waals surface area contributed by atoms with E-state index in [0.29, 0.717) is 24.7 Å². The Morgan fingerprint density at radius 3 is 2.77 bits per heavy atom. The standard InChI is InChI=1S/C23H23N5O3/c1-30-18-7-2-5-16(13-18)22-25-15-21(27-22)20-9-10-24-23(28-20)26-17-6-3-8-19(14-17)31-12-4-11-29/h2-3,5-10,13-15,29H,4,11-12H2,1H3,(H,25,27)(H,24,26,28). The van der Waals surface area contributed by atoms with Crippen molar-refractivity contribution in [3.05, 3.63) is 67.0 Å². The van der Waals surface area contributed by atoms with Crippen LogP contribution in [0.2, 0.25) is 0 Å². The summed E-state index contributed by atoms with van der Waals surface area (Å²) in [5.41, 5.74) is 3.23. The van der Waals surface area contributed by atoms with Crippen LogP contribution in [0.1, 0.15) is 6.42 Å². The molecule has 8 nitrogen and oxygen atoms in total. The zero-order valence-electron chi connectivity index (χ0n) is 17.1. The maximum Gasteiger partial charge on any atom is 0.227 e. The molecule has 0 saturated carbocycles. The third-order valence-electron chi connectivity index (χ3n) is 4.51. The smallest absolute Gasteiger partial charge is 0.227 e. The number of benzene rings is 2. The highest BCUT2D eigenvalue weighted by molar-refractivity contribution is 5.64. The maximum absolute atomic E-state index is 8.88. The van der Waals surface area contributed by atoms with Crippen LogP contribution in [0.3, 0.4) is 0 Å². The van der Waals surface area contributed by atoms with Gasteiger partial charge < -0.3 is 24.9 Å². The first-order chi connectivity index (χ1) is 15.2. The minimum Gasteiger partial charge on any atom is -0.497 e. The molecule has 2 aromatic heterocycles. The fraction of sp³-hybridized carbons (Fsp3) is 0.174. The van der Waals surface area contributed by atoms with Crippen LogP contribution in [0.25, 0.3) is 22.8 Å². The van der Waals surface area contributed by atoms with E-state index in [1.54, 1.807) is 19.5 Å². The molecule has 0 aliphatic carbocycles. The minimum atomic E-state index is 0.103. The molecular weight excluding hydrogens is 394 g/mol. The lowest BCUT2D eigenvalue weighted by molar-refractivity contribution is 0.233. The fourth-order valence-electron chi connectivity index (χ4n) is 2.98. The average Bonchev–Trinajstić information content (AvgIpc) is 3.30. The number of aromatic nitrogens is 4. The molecule has 0 bridgehead atoms. The summed E-state index contributed by atoms with van der Waals surface area (Å²) >= 11 is 0. The van der Waals surface area contributed by atoms with Crippen molar-refractivity contribution in [2.24, 2.45) is 0 Å². The van der Waals surface area contributed by atoms with Gasteiger partial charge in [0.2, 0.25) is 5.95 Å². The third kappa shape index (κ3) is 5.18. The Kier molecular flexibility index (Phi) is 6.39. The van der Waals surface area contributed by atoms with Crippen LogP contribution < -0.4 is 14.8 Å². The molecule has 0 spiro atoms. The minimum absolute atomic E-state index is 0.103. The Morgan fingerprint density at radius 2 is 1.90 bits per heavy atom. The number of anilines is 2. The van der Waals surface area contributed by atoms with Crippen molar-refractivity contribution in [1.82, 2.24) is 19.9 Å². The van der Waals surface area contributed by atoms with Gasteiger partial charge in [0, 0.05) is 36.5 Å². The number of imidazole rings is 1. The van der Waals surface area contributed by atoms with Gasteiger partial charge in [0.1, 0.15) is 17.3 Å². The number of aromatic amines is 1. The van der Waals surface area contributed by atoms with Crippen molar-refractivity contribution in [3.63, 3.8) is 0 Å². The molecule has 4 aromatic rings. The van der Waals surface area contributed by atoms with E-state index >= 15 is 0 Å². The summed E-state index contributed by atoms with van der Waals surface area (Å²) in [4.78, 5) is 16.7. The van der Waals surface area contributed by atoms with Crippen molar-refractivity contribution in [2.75, 3.05) is 25.6 Å². The van der Waals surface area contributed by atoms with Crippen LogP contribution in [0.15, 0.2) is 67.0 Å². The second-order valence-corrected chi connectivity index (χ2v) is 6.72. The van der Waals surface area contributed by atoms with Gasteiger partial charge in [-0.3, -0.25) is 0 Å². The predicted octanol–water partition coefficient (Wildman–Crippen LogP) is 4.05. The highest BCUT2D eigenvalue weighted by Gasteiger charge is 2.09. The second-order valence-electron chi connectivity index (χ2n) is 6.72. The van der Waals surface area contributed by atoms with Gasteiger partial charge in [-0.05, 0) is 30.3 Å². The molecular formula is C23H23N5O3. The Balaban J connectivity index is 1.50. The van der Waals surface area contributed by atoms with Gasteiger partial charge >= 0.3 is 0 Å². The Labute approximate surface area is 180 Å². The van der Waals surface area contributed by atoms with Crippen molar-refractivity contribution in [1.29, 1.82) is 0 Å². The molecule has 8 heteroatoms. The molecule has 0 aliphatic heterocycles. The van der Waals surface area contributed by atoms with Crippen LogP contribution >= 0.6 is 0 Å².